The molecule has 5 rings (SSSR count). The van der Waals surface area contributed by atoms with Crippen molar-refractivity contribution in [3.8, 4) is 28.7 Å². The van der Waals surface area contributed by atoms with Crippen LogP contribution in [-0.4, -0.2) is 55.6 Å². The molecule has 9 nitrogen and oxygen atoms in total. The van der Waals surface area contributed by atoms with Gasteiger partial charge in [0.1, 0.15) is 42.3 Å². The van der Waals surface area contributed by atoms with E-state index in [0.717, 1.165) is 16.9 Å². The minimum atomic E-state index is -4.43. The number of benzene rings is 1. The predicted molar refractivity (Wildman–Crippen MR) is 108 cm³/mol. The molecule has 3 aromatic rings. The molecule has 2 aliphatic rings. The van der Waals surface area contributed by atoms with Gasteiger partial charge in [0, 0.05) is 24.5 Å². The highest BCUT2D eigenvalue weighted by molar-refractivity contribution is 5.86. The average Bonchev–Trinajstić information content (AvgIpc) is 3.18. The quantitative estimate of drug-likeness (QED) is 0.657. The number of hydrogen-bond donors (Lipinski definition) is 1. The van der Waals surface area contributed by atoms with Crippen LogP contribution in [0.2, 0.25) is 0 Å². The Balaban J connectivity index is 1.52. The van der Waals surface area contributed by atoms with Crippen molar-refractivity contribution in [3.63, 3.8) is 0 Å². The Labute approximate surface area is 180 Å². The normalized spacial score (nSPS) is 17.8. The second-order valence-electron chi connectivity index (χ2n) is 7.83. The van der Waals surface area contributed by atoms with E-state index in [4.69, 9.17) is 10.5 Å². The Morgan fingerprint density at radius 1 is 1.25 bits per heavy atom. The van der Waals surface area contributed by atoms with Crippen molar-refractivity contribution in [2.24, 2.45) is 5.73 Å². The lowest BCUT2D eigenvalue weighted by molar-refractivity contribution is -0.142. The van der Waals surface area contributed by atoms with Crippen LogP contribution in [0.5, 0.6) is 5.75 Å². The van der Waals surface area contributed by atoms with E-state index in [-0.39, 0.29) is 23.6 Å². The number of halogens is 3. The second kappa shape index (κ2) is 7.24. The van der Waals surface area contributed by atoms with Gasteiger partial charge in [0.25, 0.3) is 0 Å². The smallest absolute Gasteiger partial charge is 0.408 e. The Morgan fingerprint density at radius 3 is 2.75 bits per heavy atom. The largest absolute Gasteiger partial charge is 0.491 e. The fraction of sp³-hybridized carbons (Fsp3) is 0.400. The van der Waals surface area contributed by atoms with E-state index < -0.39 is 12.7 Å². The summed E-state index contributed by atoms with van der Waals surface area (Å²) in [5.74, 6) is 1.07. The average molecular weight is 447 g/mol. The van der Waals surface area contributed by atoms with E-state index in [2.05, 4.69) is 15.1 Å². The molecule has 0 radical (unpaired) electrons. The van der Waals surface area contributed by atoms with E-state index in [1.165, 1.54) is 6.92 Å². The minimum Gasteiger partial charge on any atom is -0.491 e. The number of aromatic nitrogens is 5. The van der Waals surface area contributed by atoms with Crippen molar-refractivity contribution < 1.29 is 22.7 Å². The molecule has 32 heavy (non-hydrogen) atoms. The lowest BCUT2D eigenvalue weighted by atomic mass is 10.0. The molecule has 1 amide bonds. The molecule has 2 N–H and O–H groups in total. The first-order valence-corrected chi connectivity index (χ1v) is 10.1. The molecule has 0 aliphatic carbocycles. The molecule has 2 aliphatic heterocycles. The molecule has 12 heteroatoms. The fourth-order valence-corrected chi connectivity index (χ4v) is 4.07. The second-order valence-corrected chi connectivity index (χ2v) is 7.83. The molecule has 1 atom stereocenters. The van der Waals surface area contributed by atoms with Crippen molar-refractivity contribution in [3.05, 3.63) is 30.2 Å². The number of aryl methyl sites for hydroxylation is 1. The van der Waals surface area contributed by atoms with E-state index in [9.17, 15) is 18.0 Å². The van der Waals surface area contributed by atoms with Gasteiger partial charge >= 0.3 is 6.18 Å². The number of nitrogens with two attached hydrogens (primary N) is 1. The van der Waals surface area contributed by atoms with E-state index in [0.29, 0.717) is 42.4 Å². The number of primary amides is 1. The SMILES string of the molecule is Cc1nc(-c2cn3c(n2)-c2ccc(N4CCC4C(N)=O)cc2OCC3)n(CC(F)(F)F)n1. The first-order chi connectivity index (χ1) is 15.2. The summed E-state index contributed by atoms with van der Waals surface area (Å²) < 4.78 is 47.5. The van der Waals surface area contributed by atoms with Gasteiger partial charge in [-0.3, -0.25) is 4.79 Å². The number of alkyl halides is 3. The highest BCUT2D eigenvalue weighted by Crippen LogP contribution is 2.38. The molecule has 168 valence electrons. The maximum absolute atomic E-state index is 13.0. The lowest BCUT2D eigenvalue weighted by Gasteiger charge is -2.40. The highest BCUT2D eigenvalue weighted by Gasteiger charge is 2.34. The summed E-state index contributed by atoms with van der Waals surface area (Å²) in [4.78, 5) is 22.2. The van der Waals surface area contributed by atoms with Crippen LogP contribution in [0.3, 0.4) is 0 Å². The Bertz CT molecular complexity index is 1200. The number of anilines is 1. The van der Waals surface area contributed by atoms with Crippen LogP contribution in [0, 0.1) is 6.92 Å². The van der Waals surface area contributed by atoms with Crippen LogP contribution in [0.15, 0.2) is 24.4 Å². The summed E-state index contributed by atoms with van der Waals surface area (Å²) in [6, 6.07) is 5.19. The molecule has 0 saturated carbocycles. The zero-order valence-corrected chi connectivity index (χ0v) is 17.1. The third-order valence-electron chi connectivity index (χ3n) is 5.59. The van der Waals surface area contributed by atoms with Crippen molar-refractivity contribution in [2.45, 2.75) is 38.7 Å². The lowest BCUT2D eigenvalue weighted by Crippen LogP contribution is -2.55. The van der Waals surface area contributed by atoms with Crippen molar-refractivity contribution in [1.82, 2.24) is 24.3 Å². The van der Waals surface area contributed by atoms with Gasteiger partial charge in [-0.1, -0.05) is 0 Å². The molecule has 1 unspecified atom stereocenters. The first kappa shape index (κ1) is 20.3. The predicted octanol–water partition coefficient (Wildman–Crippen LogP) is 2.14. The van der Waals surface area contributed by atoms with Crippen LogP contribution in [0.1, 0.15) is 12.2 Å². The van der Waals surface area contributed by atoms with Crippen molar-refractivity contribution in [1.29, 1.82) is 0 Å². The molecule has 1 saturated heterocycles. The van der Waals surface area contributed by atoms with Gasteiger partial charge in [0.2, 0.25) is 5.91 Å². The number of rotatable bonds is 4. The minimum absolute atomic E-state index is 0.0596. The highest BCUT2D eigenvalue weighted by atomic mass is 19.4. The third kappa shape index (κ3) is 3.55. The van der Waals surface area contributed by atoms with Crippen LogP contribution in [0.4, 0.5) is 18.9 Å². The Kier molecular flexibility index (Phi) is 4.60. The standard InChI is InChI=1S/C20H20F3N7O2/c1-11-25-19(30(27-11)10-20(21,22)23)14-9-28-6-7-32-16-8-12(2-3-13(16)18(28)26-14)29-5-4-15(29)17(24)31/h2-3,8-9,15H,4-7,10H2,1H3,(H2,24,31). The number of carbonyl (C=O) groups excluding carboxylic acids is 1. The van der Waals surface area contributed by atoms with Crippen LogP contribution in [0.25, 0.3) is 22.9 Å². The Hall–Kier alpha value is -3.57. The van der Waals surface area contributed by atoms with Crippen molar-refractivity contribution in [2.75, 3.05) is 18.1 Å². The van der Waals surface area contributed by atoms with Gasteiger partial charge in [0.05, 0.1) is 12.1 Å². The number of fused-ring (bicyclic) bond motifs is 3. The Morgan fingerprint density at radius 2 is 2.06 bits per heavy atom. The number of carbonyl (C=O) groups is 1. The molecule has 0 spiro atoms. The summed E-state index contributed by atoms with van der Waals surface area (Å²) in [6.07, 6.45) is -2.06. The van der Waals surface area contributed by atoms with Crippen LogP contribution >= 0.6 is 0 Å². The molecule has 2 aromatic heterocycles. The summed E-state index contributed by atoms with van der Waals surface area (Å²) in [5.41, 5.74) is 7.28. The van der Waals surface area contributed by atoms with Crippen molar-refractivity contribution >= 4 is 11.6 Å². The summed E-state index contributed by atoms with van der Waals surface area (Å²) in [7, 11) is 0. The van der Waals surface area contributed by atoms with Crippen LogP contribution in [-0.2, 0) is 17.9 Å². The van der Waals surface area contributed by atoms with E-state index in [1.54, 1.807) is 6.20 Å². The fourth-order valence-electron chi connectivity index (χ4n) is 4.07. The number of ether oxygens (including phenoxy) is 1. The van der Waals surface area contributed by atoms with Gasteiger partial charge in [0.15, 0.2) is 5.82 Å². The summed E-state index contributed by atoms with van der Waals surface area (Å²) >= 11 is 0. The maximum atomic E-state index is 13.0. The molecule has 1 fully saturated rings. The summed E-state index contributed by atoms with van der Waals surface area (Å²) in [5, 5.41) is 3.88. The molecule has 1 aromatic carbocycles. The van der Waals surface area contributed by atoms with Gasteiger partial charge in [-0.2, -0.15) is 18.3 Å². The number of imidazole rings is 1. The van der Waals surface area contributed by atoms with Gasteiger partial charge < -0.3 is 19.9 Å². The molecule has 4 heterocycles. The number of hydrogen-bond acceptors (Lipinski definition) is 6. The molecular formula is C20H20F3N7O2. The zero-order chi connectivity index (χ0) is 22.6. The zero-order valence-electron chi connectivity index (χ0n) is 17.1. The van der Waals surface area contributed by atoms with Gasteiger partial charge in [-0.15, -0.1) is 0 Å². The third-order valence-corrected chi connectivity index (χ3v) is 5.59. The maximum Gasteiger partial charge on any atom is 0.408 e. The van der Waals surface area contributed by atoms with Gasteiger partial charge in [-0.25, -0.2) is 14.6 Å². The first-order valence-electron chi connectivity index (χ1n) is 10.1. The monoisotopic (exact) mass is 447 g/mol. The van der Waals surface area contributed by atoms with Crippen LogP contribution < -0.4 is 15.4 Å². The number of nitrogens with zero attached hydrogens (tertiary/aromatic N) is 6. The van der Waals surface area contributed by atoms with E-state index in [1.807, 2.05) is 27.7 Å². The molecular weight excluding hydrogens is 427 g/mol. The van der Waals surface area contributed by atoms with Gasteiger partial charge in [-0.05, 0) is 25.5 Å². The number of amides is 1. The molecule has 0 bridgehead atoms. The summed E-state index contributed by atoms with van der Waals surface area (Å²) in [6.45, 7) is 1.83. The van der Waals surface area contributed by atoms with E-state index >= 15 is 0 Å². The topological polar surface area (TPSA) is 104 Å².